The molecule has 14 heteroatoms. The van der Waals surface area contributed by atoms with Gasteiger partial charge in [-0.05, 0) is 20.8 Å². The first-order valence-electron chi connectivity index (χ1n) is 11.5. The number of nitrogens with two attached hydrogens (primary N) is 1. The van der Waals surface area contributed by atoms with E-state index in [1.165, 1.54) is 22.1 Å². The Labute approximate surface area is 218 Å². The van der Waals surface area contributed by atoms with Crippen molar-refractivity contribution < 1.29 is 28.9 Å². The molecule has 3 N–H and O–H groups in total. The number of carbonyl (C=O) groups excluding carboxylic acids is 2. The van der Waals surface area contributed by atoms with Crippen molar-refractivity contribution in [2.24, 2.45) is 0 Å². The molecule has 1 aliphatic heterocycles. The van der Waals surface area contributed by atoms with E-state index in [1.54, 1.807) is 42.4 Å². The Hall–Kier alpha value is -2.29. The molecule has 0 bridgehead atoms. The summed E-state index contributed by atoms with van der Waals surface area (Å²) in [4.78, 5) is 39.0. The van der Waals surface area contributed by atoms with Crippen LogP contribution in [0.3, 0.4) is 0 Å². The topological polar surface area (TPSA) is 155 Å². The van der Waals surface area contributed by atoms with Gasteiger partial charge >= 0.3 is 12.1 Å². The van der Waals surface area contributed by atoms with E-state index in [0.29, 0.717) is 23.5 Å². The second kappa shape index (κ2) is 11.4. The lowest BCUT2D eigenvalue weighted by Crippen LogP contribution is -2.43. The summed E-state index contributed by atoms with van der Waals surface area (Å²) in [6.07, 6.45) is -0.885. The van der Waals surface area contributed by atoms with Crippen molar-refractivity contribution in [3.63, 3.8) is 0 Å². The molecule has 2 aromatic heterocycles. The third-order valence-electron chi connectivity index (χ3n) is 4.77. The fraction of sp³-hybridized carbons (Fsp3) is 0.682. The number of imidazole rings is 1. The largest absolute Gasteiger partial charge is 0.456 e. The van der Waals surface area contributed by atoms with E-state index in [4.69, 9.17) is 19.9 Å². The molecule has 0 saturated carbocycles. The van der Waals surface area contributed by atoms with E-state index in [2.05, 4.69) is 35.7 Å². The first kappa shape index (κ1) is 28.3. The highest BCUT2D eigenvalue weighted by molar-refractivity contribution is 8.77. The third kappa shape index (κ3) is 7.60. The van der Waals surface area contributed by atoms with Crippen LogP contribution in [0.15, 0.2) is 12.7 Å². The van der Waals surface area contributed by atoms with Crippen LogP contribution in [-0.2, 0) is 19.0 Å². The molecule has 2 aromatic rings. The lowest BCUT2D eigenvalue weighted by molar-refractivity contribution is -0.154. The van der Waals surface area contributed by atoms with Crippen molar-refractivity contribution in [2.45, 2.75) is 70.3 Å². The smallest absolute Gasteiger partial charge is 0.410 e. The summed E-state index contributed by atoms with van der Waals surface area (Å²) in [5, 5.41) is 10.8. The number of hydrogen-bond donors (Lipinski definition) is 2. The van der Waals surface area contributed by atoms with Crippen molar-refractivity contribution in [3.05, 3.63) is 12.7 Å². The zero-order chi connectivity index (χ0) is 26.7. The Morgan fingerprint density at radius 1 is 1.25 bits per heavy atom. The number of carbonyl (C=O) groups is 2. The first-order valence-corrected chi connectivity index (χ1v) is 13.8. The molecular formula is C22H34N6O6S2. The number of aliphatic hydroxyl groups is 1. The van der Waals surface area contributed by atoms with Gasteiger partial charge < -0.3 is 25.1 Å². The highest BCUT2D eigenvalue weighted by Gasteiger charge is 2.41. The predicted molar refractivity (Wildman–Crippen MR) is 138 cm³/mol. The summed E-state index contributed by atoms with van der Waals surface area (Å²) < 4.78 is 18.2. The van der Waals surface area contributed by atoms with Gasteiger partial charge in [-0.2, -0.15) is 0 Å². The molecule has 0 aliphatic carbocycles. The molecule has 1 saturated heterocycles. The molecule has 3 rings (SSSR count). The number of hydrogen-bond acceptors (Lipinski definition) is 12. The Balaban J connectivity index is 1.61. The highest BCUT2D eigenvalue weighted by atomic mass is 33.1. The second-order valence-corrected chi connectivity index (χ2v) is 13.5. The van der Waals surface area contributed by atoms with Gasteiger partial charge in [0.25, 0.3) is 0 Å². The first-order chi connectivity index (χ1) is 16.7. The molecule has 0 spiro atoms. The maximum Gasteiger partial charge on any atom is 0.410 e. The van der Waals surface area contributed by atoms with Crippen LogP contribution in [-0.4, -0.2) is 89.6 Å². The molecule has 3 unspecified atom stereocenters. The van der Waals surface area contributed by atoms with Gasteiger partial charge in [0.1, 0.15) is 30.1 Å². The number of anilines is 1. The number of rotatable bonds is 8. The number of ether oxygens (including phenoxy) is 3. The van der Waals surface area contributed by atoms with Crippen molar-refractivity contribution in [1.29, 1.82) is 0 Å². The van der Waals surface area contributed by atoms with Crippen LogP contribution in [0.1, 0.15) is 47.8 Å². The average Bonchev–Trinajstić information content (AvgIpc) is 3.33. The molecule has 0 radical (unpaired) electrons. The molecule has 12 nitrogen and oxygen atoms in total. The summed E-state index contributed by atoms with van der Waals surface area (Å²) in [5.74, 6) is 0.130. The van der Waals surface area contributed by atoms with Gasteiger partial charge in [0.15, 0.2) is 23.8 Å². The molecule has 3 atom stereocenters. The predicted octanol–water partition coefficient (Wildman–Crippen LogP) is 2.63. The average molecular weight is 543 g/mol. The van der Waals surface area contributed by atoms with Crippen molar-refractivity contribution >= 4 is 50.6 Å². The highest BCUT2D eigenvalue weighted by Crippen LogP contribution is 2.35. The molecule has 1 aliphatic rings. The molecule has 200 valence electrons. The number of nitrogens with zero attached hydrogens (tertiary/aromatic N) is 5. The Bertz CT molecular complexity index is 1070. The fourth-order valence-electron chi connectivity index (χ4n) is 3.27. The van der Waals surface area contributed by atoms with Gasteiger partial charge in [0.05, 0.1) is 12.9 Å². The van der Waals surface area contributed by atoms with E-state index < -0.39 is 36.1 Å². The number of esters is 1. The summed E-state index contributed by atoms with van der Waals surface area (Å²) in [6.45, 7) is 11.5. The Morgan fingerprint density at radius 2 is 1.97 bits per heavy atom. The van der Waals surface area contributed by atoms with Crippen LogP contribution in [0.5, 0.6) is 0 Å². The van der Waals surface area contributed by atoms with E-state index >= 15 is 0 Å². The number of aromatic nitrogens is 4. The maximum absolute atomic E-state index is 12.8. The van der Waals surface area contributed by atoms with Gasteiger partial charge in [-0.25, -0.2) is 19.7 Å². The van der Waals surface area contributed by atoms with Crippen LogP contribution in [0, 0.1) is 0 Å². The third-order valence-corrected chi connectivity index (χ3v) is 8.09. The quantitative estimate of drug-likeness (QED) is 0.286. The Morgan fingerprint density at radius 3 is 2.64 bits per heavy atom. The van der Waals surface area contributed by atoms with Crippen LogP contribution in [0.2, 0.25) is 0 Å². The SMILES string of the molecule is CC(C)(C)OC(=O)N(CCSSC(C)(C)C)CC(=O)OC1COC(n2cnc3c(N)ncnc32)C1O. The van der Waals surface area contributed by atoms with E-state index in [0.717, 1.165) is 0 Å². The molecule has 36 heavy (non-hydrogen) atoms. The minimum Gasteiger partial charge on any atom is -0.456 e. The lowest BCUT2D eigenvalue weighted by Gasteiger charge is -2.27. The normalized spacial score (nSPS) is 20.5. The zero-order valence-corrected chi connectivity index (χ0v) is 23.0. The monoisotopic (exact) mass is 542 g/mol. The van der Waals surface area contributed by atoms with Crippen LogP contribution in [0.25, 0.3) is 11.2 Å². The van der Waals surface area contributed by atoms with E-state index in [-0.39, 0.29) is 23.7 Å². The number of amides is 1. The summed E-state index contributed by atoms with van der Waals surface area (Å²) >= 11 is 0. The van der Waals surface area contributed by atoms with Crippen molar-refractivity contribution in [3.8, 4) is 0 Å². The van der Waals surface area contributed by atoms with Gasteiger partial charge in [0, 0.05) is 17.0 Å². The minimum absolute atomic E-state index is 0.0394. The summed E-state index contributed by atoms with van der Waals surface area (Å²) in [7, 11) is 3.31. The van der Waals surface area contributed by atoms with Crippen LogP contribution >= 0.6 is 21.6 Å². The summed E-state index contributed by atoms with van der Waals surface area (Å²) in [6, 6.07) is 0. The molecule has 0 aromatic carbocycles. The van der Waals surface area contributed by atoms with Gasteiger partial charge in [0.2, 0.25) is 0 Å². The Kier molecular flexibility index (Phi) is 8.96. The summed E-state index contributed by atoms with van der Waals surface area (Å²) in [5.41, 5.74) is 5.88. The second-order valence-electron chi connectivity index (χ2n) is 10.2. The number of nitrogen functional groups attached to an aromatic ring is 1. The maximum atomic E-state index is 12.8. The van der Waals surface area contributed by atoms with Crippen molar-refractivity contribution in [1.82, 2.24) is 24.4 Å². The van der Waals surface area contributed by atoms with Crippen molar-refractivity contribution in [2.75, 3.05) is 31.2 Å². The number of aliphatic hydroxyl groups excluding tert-OH is 1. The molecular weight excluding hydrogens is 508 g/mol. The molecule has 3 heterocycles. The van der Waals surface area contributed by atoms with E-state index in [9.17, 15) is 14.7 Å². The number of fused-ring (bicyclic) bond motifs is 1. The zero-order valence-electron chi connectivity index (χ0n) is 21.3. The van der Waals surface area contributed by atoms with Crippen LogP contribution < -0.4 is 5.73 Å². The standard InChI is InChI=1S/C22H34N6O6S2/c1-21(2,3)34-20(31)27(7-8-35-36-22(4,5)6)9-14(29)33-13-10-32-19(16(13)30)28-12-26-15-17(23)24-11-25-18(15)28/h11-13,16,19,30H,7-10H2,1-6H3,(H2,23,24,25). The molecule has 1 amide bonds. The van der Waals surface area contributed by atoms with Gasteiger partial charge in [-0.3, -0.25) is 14.3 Å². The van der Waals surface area contributed by atoms with E-state index in [1.807, 2.05) is 0 Å². The molecule has 1 fully saturated rings. The lowest BCUT2D eigenvalue weighted by atomic mass is 10.2. The van der Waals surface area contributed by atoms with Gasteiger partial charge in [-0.15, -0.1) is 0 Å². The minimum atomic E-state index is -1.18. The van der Waals surface area contributed by atoms with Gasteiger partial charge in [-0.1, -0.05) is 42.4 Å². The van der Waals surface area contributed by atoms with Crippen LogP contribution in [0.4, 0.5) is 10.6 Å². The fourth-order valence-corrected chi connectivity index (χ4v) is 5.53.